The second kappa shape index (κ2) is 7.75. The average molecular weight is 388 g/mol. The lowest BCUT2D eigenvalue weighted by atomic mass is 10.0. The van der Waals surface area contributed by atoms with E-state index in [9.17, 15) is 9.59 Å². The molecule has 0 fully saturated rings. The van der Waals surface area contributed by atoms with Gasteiger partial charge in [0.25, 0.3) is 0 Å². The molecule has 146 valence electrons. The smallest absolute Gasteiger partial charge is 0.420 e. The molecule has 0 aliphatic carbocycles. The highest BCUT2D eigenvalue weighted by Gasteiger charge is 2.24. The summed E-state index contributed by atoms with van der Waals surface area (Å²) in [7, 11) is 0. The second-order valence-electron chi connectivity index (χ2n) is 6.39. The van der Waals surface area contributed by atoms with Gasteiger partial charge >= 0.3 is 12.1 Å². The van der Waals surface area contributed by atoms with Crippen LogP contribution in [0.5, 0.6) is 0 Å². The van der Waals surface area contributed by atoms with E-state index in [0.717, 1.165) is 10.9 Å². The van der Waals surface area contributed by atoms with Gasteiger partial charge < -0.3 is 9.47 Å². The maximum Gasteiger partial charge on any atom is 0.420 e. The van der Waals surface area contributed by atoms with Crippen molar-refractivity contribution in [3.8, 4) is 11.3 Å². The molecule has 2 heterocycles. The molecule has 4 aromatic rings. The third-order valence-corrected chi connectivity index (χ3v) is 4.64. The molecule has 0 N–H and O–H groups in total. The van der Waals surface area contributed by atoms with Crippen LogP contribution in [0.25, 0.3) is 33.2 Å². The molecule has 2 aromatic heterocycles. The normalized spacial score (nSPS) is 11.0. The number of esters is 1. The minimum Gasteiger partial charge on any atom is -0.462 e. The number of para-hydroxylation sites is 1. The molecule has 0 spiro atoms. The first-order valence-corrected chi connectivity index (χ1v) is 9.49. The van der Waals surface area contributed by atoms with Gasteiger partial charge in [-0.2, -0.15) is 0 Å². The number of aromatic nitrogens is 2. The maximum atomic E-state index is 12.8. The standard InChI is InChI=1S/C23H20N2O4/c1-3-28-22(26)17-14-18(15-10-6-5-7-11-15)24-21-20(17)16-12-8-9-13-19(16)25(21)23(27)29-4-2/h5-14H,3-4H2,1-2H3. The molecule has 0 aliphatic heterocycles. The molecule has 0 atom stereocenters. The fraction of sp³-hybridized carbons (Fsp3) is 0.174. The zero-order valence-corrected chi connectivity index (χ0v) is 16.2. The number of rotatable bonds is 4. The Morgan fingerprint density at radius 1 is 0.931 bits per heavy atom. The van der Waals surface area contributed by atoms with Crippen LogP contribution in [-0.2, 0) is 9.47 Å². The number of fused-ring (bicyclic) bond motifs is 3. The summed E-state index contributed by atoms with van der Waals surface area (Å²) in [4.78, 5) is 30.3. The van der Waals surface area contributed by atoms with Crippen LogP contribution in [0.1, 0.15) is 24.2 Å². The van der Waals surface area contributed by atoms with Crippen LogP contribution >= 0.6 is 0 Å². The van der Waals surface area contributed by atoms with E-state index in [2.05, 4.69) is 0 Å². The number of nitrogens with zero attached hydrogens (tertiary/aromatic N) is 2. The molecule has 0 radical (unpaired) electrons. The predicted molar refractivity (Wildman–Crippen MR) is 111 cm³/mol. The second-order valence-corrected chi connectivity index (χ2v) is 6.39. The van der Waals surface area contributed by atoms with E-state index in [1.807, 2.05) is 54.6 Å². The summed E-state index contributed by atoms with van der Waals surface area (Å²) in [6.45, 7) is 3.99. The first-order valence-electron chi connectivity index (χ1n) is 9.49. The molecule has 6 heteroatoms. The molecule has 4 rings (SSSR count). The topological polar surface area (TPSA) is 70.4 Å². The Bertz CT molecular complexity index is 1210. The highest BCUT2D eigenvalue weighted by molar-refractivity contribution is 6.19. The van der Waals surface area contributed by atoms with Crippen LogP contribution in [0.2, 0.25) is 0 Å². The van der Waals surface area contributed by atoms with Gasteiger partial charge in [-0.3, -0.25) is 0 Å². The van der Waals surface area contributed by atoms with Crippen LogP contribution in [0.4, 0.5) is 4.79 Å². The molecular weight excluding hydrogens is 368 g/mol. The number of carbonyl (C=O) groups is 2. The summed E-state index contributed by atoms with van der Waals surface area (Å²) in [5.74, 6) is -0.455. The quantitative estimate of drug-likeness (QED) is 0.458. The fourth-order valence-electron chi connectivity index (χ4n) is 3.45. The zero-order valence-electron chi connectivity index (χ0n) is 16.2. The van der Waals surface area contributed by atoms with Gasteiger partial charge in [0, 0.05) is 16.3 Å². The van der Waals surface area contributed by atoms with Crippen molar-refractivity contribution in [3.63, 3.8) is 0 Å². The lowest BCUT2D eigenvalue weighted by molar-refractivity contribution is 0.0528. The monoisotopic (exact) mass is 388 g/mol. The molecule has 0 aliphatic rings. The van der Waals surface area contributed by atoms with E-state index in [1.54, 1.807) is 19.9 Å². The molecule has 0 bridgehead atoms. The molecule has 0 saturated carbocycles. The van der Waals surface area contributed by atoms with Crippen molar-refractivity contribution >= 4 is 34.0 Å². The highest BCUT2D eigenvalue weighted by atomic mass is 16.5. The van der Waals surface area contributed by atoms with E-state index in [-0.39, 0.29) is 13.2 Å². The Kier molecular flexibility index (Phi) is 4.99. The van der Waals surface area contributed by atoms with Crippen molar-refractivity contribution in [2.45, 2.75) is 13.8 Å². The van der Waals surface area contributed by atoms with Crippen molar-refractivity contribution in [3.05, 3.63) is 66.2 Å². The Labute approximate surface area is 167 Å². The van der Waals surface area contributed by atoms with Crippen LogP contribution in [0.3, 0.4) is 0 Å². The van der Waals surface area contributed by atoms with Gasteiger partial charge in [-0.05, 0) is 26.0 Å². The number of ether oxygens (including phenoxy) is 2. The fourth-order valence-corrected chi connectivity index (χ4v) is 3.45. The van der Waals surface area contributed by atoms with Crippen molar-refractivity contribution in [1.82, 2.24) is 9.55 Å². The number of benzene rings is 2. The minimum absolute atomic E-state index is 0.232. The van der Waals surface area contributed by atoms with Gasteiger partial charge in [0.1, 0.15) is 0 Å². The van der Waals surface area contributed by atoms with Gasteiger partial charge in [-0.1, -0.05) is 48.5 Å². The van der Waals surface area contributed by atoms with Crippen LogP contribution in [0.15, 0.2) is 60.7 Å². The summed E-state index contributed by atoms with van der Waals surface area (Å²) in [6, 6.07) is 18.6. The van der Waals surface area contributed by atoms with Crippen molar-refractivity contribution in [1.29, 1.82) is 0 Å². The number of carbonyl (C=O) groups excluding carboxylic acids is 2. The largest absolute Gasteiger partial charge is 0.462 e. The molecule has 0 unspecified atom stereocenters. The van der Waals surface area contributed by atoms with E-state index in [4.69, 9.17) is 14.5 Å². The summed E-state index contributed by atoms with van der Waals surface area (Å²) in [6.07, 6.45) is -0.536. The molecule has 2 aromatic carbocycles. The maximum absolute atomic E-state index is 12.8. The molecule has 0 amide bonds. The minimum atomic E-state index is -0.536. The predicted octanol–water partition coefficient (Wildman–Crippen LogP) is 5.04. The van der Waals surface area contributed by atoms with Gasteiger partial charge in [0.15, 0.2) is 5.65 Å². The Morgan fingerprint density at radius 3 is 2.34 bits per heavy atom. The van der Waals surface area contributed by atoms with Crippen molar-refractivity contribution in [2.75, 3.05) is 13.2 Å². The first kappa shape index (κ1) is 18.7. The van der Waals surface area contributed by atoms with E-state index in [1.165, 1.54) is 4.57 Å². The van der Waals surface area contributed by atoms with Gasteiger partial charge in [-0.15, -0.1) is 0 Å². The van der Waals surface area contributed by atoms with Crippen LogP contribution in [0, 0.1) is 0 Å². The average Bonchev–Trinajstić information content (AvgIpc) is 3.08. The Hall–Kier alpha value is -3.67. The SMILES string of the molecule is CCOC(=O)c1cc(-c2ccccc2)nc2c1c1ccccc1n2C(=O)OCC. The van der Waals surface area contributed by atoms with Gasteiger partial charge in [0.2, 0.25) is 0 Å². The van der Waals surface area contributed by atoms with Gasteiger partial charge in [0.05, 0.1) is 30.0 Å². The lowest BCUT2D eigenvalue weighted by Crippen LogP contribution is -2.14. The van der Waals surface area contributed by atoms with Crippen molar-refractivity contribution < 1.29 is 19.1 Å². The highest BCUT2D eigenvalue weighted by Crippen LogP contribution is 2.34. The van der Waals surface area contributed by atoms with E-state index < -0.39 is 12.1 Å². The Morgan fingerprint density at radius 2 is 1.62 bits per heavy atom. The molecule has 0 saturated heterocycles. The van der Waals surface area contributed by atoms with Crippen LogP contribution < -0.4 is 0 Å². The molecule has 6 nitrogen and oxygen atoms in total. The van der Waals surface area contributed by atoms with Crippen LogP contribution in [-0.4, -0.2) is 34.8 Å². The Balaban J connectivity index is 2.12. The molecule has 29 heavy (non-hydrogen) atoms. The van der Waals surface area contributed by atoms with Crippen molar-refractivity contribution in [2.24, 2.45) is 0 Å². The summed E-state index contributed by atoms with van der Waals surface area (Å²) < 4.78 is 12.0. The molecular formula is C23H20N2O4. The summed E-state index contributed by atoms with van der Waals surface area (Å²) in [5, 5.41) is 1.32. The third kappa shape index (κ3) is 3.23. The van der Waals surface area contributed by atoms with Gasteiger partial charge in [-0.25, -0.2) is 19.1 Å². The summed E-state index contributed by atoms with van der Waals surface area (Å²) >= 11 is 0. The third-order valence-electron chi connectivity index (χ3n) is 4.64. The zero-order chi connectivity index (χ0) is 20.4. The number of hydrogen-bond donors (Lipinski definition) is 0. The number of hydrogen-bond acceptors (Lipinski definition) is 5. The number of pyridine rings is 1. The van der Waals surface area contributed by atoms with E-state index in [0.29, 0.717) is 27.8 Å². The summed E-state index contributed by atoms with van der Waals surface area (Å²) in [5.41, 5.74) is 2.78. The van der Waals surface area contributed by atoms with E-state index >= 15 is 0 Å². The first-order chi connectivity index (χ1) is 14.2. The lowest BCUT2D eigenvalue weighted by Gasteiger charge is -2.09.